The van der Waals surface area contributed by atoms with Crippen molar-refractivity contribution in [1.82, 2.24) is 14.9 Å². The molecule has 0 bridgehead atoms. The van der Waals surface area contributed by atoms with Gasteiger partial charge in [0.05, 0.1) is 22.9 Å². The van der Waals surface area contributed by atoms with E-state index in [1.165, 1.54) is 0 Å². The molecular weight excluding hydrogens is 324 g/mol. The number of likely N-dealkylation sites (tertiary alicyclic amines) is 1. The van der Waals surface area contributed by atoms with Gasteiger partial charge in [0.15, 0.2) is 5.82 Å². The van der Waals surface area contributed by atoms with Gasteiger partial charge in [0.25, 0.3) is 0 Å². The predicted octanol–water partition coefficient (Wildman–Crippen LogP) is 2.30. The molecule has 2 fully saturated rings. The Bertz CT molecular complexity index is 707. The largest absolute Gasteiger partial charge is 0.376 e. The molecule has 0 spiro atoms. The Hall–Kier alpha value is -1.73. The van der Waals surface area contributed by atoms with Crippen molar-refractivity contribution in [3.63, 3.8) is 0 Å². The first-order valence-electron chi connectivity index (χ1n) is 8.64. The van der Waals surface area contributed by atoms with Crippen molar-refractivity contribution >= 4 is 33.3 Å². The molecule has 1 unspecified atom stereocenters. The maximum absolute atomic E-state index is 12.7. The number of ether oxygens (including phenoxy) is 1. The van der Waals surface area contributed by atoms with Gasteiger partial charge >= 0.3 is 0 Å². The lowest BCUT2D eigenvalue weighted by Gasteiger charge is -2.28. The number of carbonyl (C=O) groups is 1. The topological polar surface area (TPSA) is 58.6 Å². The number of carbonyl (C=O) groups excluding carboxylic acids is 1. The monoisotopic (exact) mass is 346 g/mol. The number of aromatic nitrogens is 2. The summed E-state index contributed by atoms with van der Waals surface area (Å²) in [6, 6.07) is 2.00. The molecule has 24 heavy (non-hydrogen) atoms. The second-order valence-electron chi connectivity index (χ2n) is 6.44. The third kappa shape index (κ3) is 3.23. The van der Waals surface area contributed by atoms with Crippen molar-refractivity contribution in [3.8, 4) is 0 Å². The summed E-state index contributed by atoms with van der Waals surface area (Å²) in [5.41, 5.74) is 0.941. The van der Waals surface area contributed by atoms with E-state index in [1.807, 2.05) is 16.3 Å². The van der Waals surface area contributed by atoms with Crippen LogP contribution in [0.15, 0.2) is 17.8 Å². The Morgan fingerprint density at radius 2 is 2.21 bits per heavy atom. The molecule has 4 rings (SSSR count). The van der Waals surface area contributed by atoms with Gasteiger partial charge in [0.2, 0.25) is 5.91 Å². The van der Waals surface area contributed by atoms with Crippen LogP contribution in [0.5, 0.6) is 0 Å². The number of hydrogen-bond acceptors (Lipinski definition) is 6. The summed E-state index contributed by atoms with van der Waals surface area (Å²) in [5.74, 6) is 1.05. The highest BCUT2D eigenvalue weighted by Crippen LogP contribution is 2.29. The molecule has 2 aromatic rings. The molecule has 2 saturated heterocycles. The normalized spacial score (nSPS) is 20.8. The fourth-order valence-electron chi connectivity index (χ4n) is 3.49. The smallest absolute Gasteiger partial charge is 0.242 e. The van der Waals surface area contributed by atoms with E-state index in [-0.39, 0.29) is 12.0 Å². The first-order chi connectivity index (χ1) is 11.8. The van der Waals surface area contributed by atoms with Gasteiger partial charge in [0, 0.05) is 26.2 Å². The second kappa shape index (κ2) is 7.03. The number of thiophene rings is 1. The minimum absolute atomic E-state index is 0.182. The quantitative estimate of drug-likeness (QED) is 0.831. The van der Waals surface area contributed by atoms with Crippen LogP contribution in [0.4, 0.5) is 5.82 Å². The average Bonchev–Trinajstić information content (AvgIpc) is 3.34. The van der Waals surface area contributed by atoms with E-state index in [4.69, 9.17) is 4.74 Å². The Labute approximate surface area is 145 Å². The molecule has 1 amide bonds. The van der Waals surface area contributed by atoms with E-state index >= 15 is 0 Å². The van der Waals surface area contributed by atoms with Crippen molar-refractivity contribution in [3.05, 3.63) is 17.8 Å². The minimum Gasteiger partial charge on any atom is -0.376 e. The summed E-state index contributed by atoms with van der Waals surface area (Å²) in [6.45, 7) is 3.65. The van der Waals surface area contributed by atoms with Gasteiger partial charge in [0.1, 0.15) is 6.33 Å². The highest BCUT2D eigenvalue weighted by molar-refractivity contribution is 7.17. The Morgan fingerprint density at radius 1 is 1.33 bits per heavy atom. The molecule has 6 nitrogen and oxygen atoms in total. The highest BCUT2D eigenvalue weighted by Gasteiger charge is 2.26. The van der Waals surface area contributed by atoms with E-state index in [0.29, 0.717) is 13.1 Å². The number of hydrogen-bond donors (Lipinski definition) is 0. The number of nitrogens with zero attached hydrogens (tertiary/aromatic N) is 4. The van der Waals surface area contributed by atoms with Crippen LogP contribution in [0.2, 0.25) is 0 Å². The zero-order chi connectivity index (χ0) is 16.4. The van der Waals surface area contributed by atoms with Crippen LogP contribution in [0.1, 0.15) is 25.7 Å². The highest BCUT2D eigenvalue weighted by atomic mass is 32.1. The summed E-state index contributed by atoms with van der Waals surface area (Å²) in [4.78, 5) is 25.6. The third-order valence-corrected chi connectivity index (χ3v) is 5.66. The van der Waals surface area contributed by atoms with E-state index in [1.54, 1.807) is 17.7 Å². The summed E-state index contributed by atoms with van der Waals surface area (Å²) in [5, 5.41) is 2.02. The average molecular weight is 346 g/mol. The van der Waals surface area contributed by atoms with Crippen molar-refractivity contribution in [2.24, 2.45) is 0 Å². The summed E-state index contributed by atoms with van der Waals surface area (Å²) in [7, 11) is 0. The standard InChI is InChI=1S/C17H22N4O2S/c22-15(20-6-1-2-7-20)11-21(10-13-4-3-8-23-13)17-16-14(5-9-24-16)18-12-19-17/h5,9,12-13H,1-4,6-8,10-11H2. The van der Waals surface area contributed by atoms with Crippen LogP contribution in [0.25, 0.3) is 10.2 Å². The van der Waals surface area contributed by atoms with Crippen LogP contribution in [-0.2, 0) is 9.53 Å². The molecule has 0 aliphatic carbocycles. The first-order valence-corrected chi connectivity index (χ1v) is 9.52. The van der Waals surface area contributed by atoms with Gasteiger partial charge in [-0.1, -0.05) is 0 Å². The Kier molecular flexibility index (Phi) is 4.62. The maximum atomic E-state index is 12.7. The van der Waals surface area contributed by atoms with Crippen molar-refractivity contribution in [2.45, 2.75) is 31.8 Å². The fourth-order valence-corrected chi connectivity index (χ4v) is 4.35. The van der Waals surface area contributed by atoms with Gasteiger partial charge in [-0.3, -0.25) is 4.79 Å². The number of rotatable bonds is 5. The van der Waals surface area contributed by atoms with Crippen LogP contribution in [0, 0.1) is 0 Å². The molecule has 1 atom stereocenters. The second-order valence-corrected chi connectivity index (χ2v) is 7.35. The summed E-state index contributed by atoms with van der Waals surface area (Å²) in [6.07, 6.45) is 6.14. The van der Waals surface area contributed by atoms with Crippen LogP contribution < -0.4 is 4.90 Å². The summed E-state index contributed by atoms with van der Waals surface area (Å²) < 4.78 is 6.84. The lowest BCUT2D eigenvalue weighted by molar-refractivity contribution is -0.128. The molecule has 0 aromatic carbocycles. The lowest BCUT2D eigenvalue weighted by Crippen LogP contribution is -2.42. The molecule has 0 saturated carbocycles. The molecule has 7 heteroatoms. The molecule has 2 aromatic heterocycles. The predicted molar refractivity (Wildman–Crippen MR) is 94.4 cm³/mol. The van der Waals surface area contributed by atoms with Crippen LogP contribution in [-0.4, -0.2) is 59.7 Å². The van der Waals surface area contributed by atoms with Gasteiger partial charge in [-0.15, -0.1) is 11.3 Å². The fraction of sp³-hybridized carbons (Fsp3) is 0.588. The van der Waals surface area contributed by atoms with Gasteiger partial charge in [-0.2, -0.15) is 0 Å². The summed E-state index contributed by atoms with van der Waals surface area (Å²) >= 11 is 1.63. The van der Waals surface area contributed by atoms with E-state index in [9.17, 15) is 4.79 Å². The van der Waals surface area contributed by atoms with E-state index in [0.717, 1.165) is 61.4 Å². The van der Waals surface area contributed by atoms with Gasteiger partial charge in [-0.25, -0.2) is 9.97 Å². The molecule has 0 radical (unpaired) electrons. The van der Waals surface area contributed by atoms with Crippen molar-refractivity contribution < 1.29 is 9.53 Å². The van der Waals surface area contributed by atoms with Crippen molar-refractivity contribution in [2.75, 3.05) is 37.7 Å². The molecule has 2 aliphatic rings. The zero-order valence-electron chi connectivity index (χ0n) is 13.7. The molecule has 128 valence electrons. The molecule has 2 aliphatic heterocycles. The third-order valence-electron chi connectivity index (χ3n) is 4.76. The van der Waals surface area contributed by atoms with E-state index < -0.39 is 0 Å². The number of amides is 1. The zero-order valence-corrected chi connectivity index (χ0v) is 14.5. The maximum Gasteiger partial charge on any atom is 0.242 e. The first kappa shape index (κ1) is 15.8. The van der Waals surface area contributed by atoms with Crippen LogP contribution >= 0.6 is 11.3 Å². The lowest BCUT2D eigenvalue weighted by atomic mass is 10.2. The minimum atomic E-state index is 0.182. The van der Waals surface area contributed by atoms with E-state index in [2.05, 4.69) is 14.9 Å². The number of fused-ring (bicyclic) bond motifs is 1. The SMILES string of the molecule is O=C(CN(CC1CCCO1)c1ncnc2ccsc12)N1CCCC1. The van der Waals surface area contributed by atoms with Gasteiger partial charge < -0.3 is 14.5 Å². The number of anilines is 1. The van der Waals surface area contributed by atoms with Crippen LogP contribution in [0.3, 0.4) is 0 Å². The van der Waals surface area contributed by atoms with Crippen molar-refractivity contribution in [1.29, 1.82) is 0 Å². The Morgan fingerprint density at radius 3 is 3.00 bits per heavy atom. The molecule has 0 N–H and O–H groups in total. The molecular formula is C17H22N4O2S. The Balaban J connectivity index is 1.59. The van der Waals surface area contributed by atoms with Gasteiger partial charge in [-0.05, 0) is 37.1 Å². The molecule has 4 heterocycles.